The quantitative estimate of drug-likeness (QED) is 0.642. The van der Waals surface area contributed by atoms with Crippen molar-refractivity contribution in [1.29, 1.82) is 0 Å². The average Bonchev–Trinajstić information content (AvgIpc) is 3.32. The molecule has 1 aliphatic heterocycles. The molecule has 0 aliphatic carbocycles. The molecule has 124 valence electrons. The number of rotatable bonds is 3. The van der Waals surface area contributed by atoms with Crippen LogP contribution in [0.4, 0.5) is 5.69 Å². The largest absolute Gasteiger partial charge is 0.300 e. The molecule has 1 amide bonds. The summed E-state index contributed by atoms with van der Waals surface area (Å²) >= 11 is 4.58. The minimum Gasteiger partial charge on any atom is -0.300 e. The standard InChI is InChI=1S/C18H13N3OS3/c1-11-5-2-3-6-13(11)20-18-21-16(22)15(25-18)9-12-10-24-17(19-12)14-7-4-8-23-14/h2-10H,1H3,(H,20,21,22). The molecule has 1 aliphatic rings. The van der Waals surface area contributed by atoms with E-state index in [1.54, 1.807) is 22.7 Å². The Morgan fingerprint density at radius 3 is 2.84 bits per heavy atom. The molecule has 1 saturated heterocycles. The molecule has 0 bridgehead atoms. The summed E-state index contributed by atoms with van der Waals surface area (Å²) in [6.45, 7) is 2.00. The van der Waals surface area contributed by atoms with Crippen LogP contribution in [0.25, 0.3) is 16.0 Å². The van der Waals surface area contributed by atoms with Crippen LogP contribution in [0.5, 0.6) is 0 Å². The highest BCUT2D eigenvalue weighted by Crippen LogP contribution is 2.32. The second-order valence-corrected chi connectivity index (χ2v) is 8.16. The molecule has 2 aromatic heterocycles. The molecule has 0 unspecified atom stereocenters. The van der Waals surface area contributed by atoms with E-state index in [4.69, 9.17) is 0 Å². The molecular weight excluding hydrogens is 370 g/mol. The maximum atomic E-state index is 12.2. The van der Waals surface area contributed by atoms with E-state index in [0.29, 0.717) is 10.1 Å². The van der Waals surface area contributed by atoms with E-state index in [9.17, 15) is 4.79 Å². The number of aliphatic imine (C=N–C) groups is 1. The number of carbonyl (C=O) groups is 1. The molecule has 0 atom stereocenters. The number of nitrogens with one attached hydrogen (secondary N) is 1. The van der Waals surface area contributed by atoms with Crippen molar-refractivity contribution in [2.24, 2.45) is 4.99 Å². The summed E-state index contributed by atoms with van der Waals surface area (Å²) < 4.78 is 0. The van der Waals surface area contributed by atoms with Crippen molar-refractivity contribution in [3.63, 3.8) is 0 Å². The highest BCUT2D eigenvalue weighted by molar-refractivity contribution is 8.18. The van der Waals surface area contributed by atoms with E-state index in [-0.39, 0.29) is 5.91 Å². The van der Waals surface area contributed by atoms with Crippen molar-refractivity contribution < 1.29 is 4.79 Å². The number of amidine groups is 1. The molecule has 0 spiro atoms. The Balaban J connectivity index is 1.57. The van der Waals surface area contributed by atoms with Gasteiger partial charge in [0.1, 0.15) is 5.01 Å². The van der Waals surface area contributed by atoms with E-state index >= 15 is 0 Å². The topological polar surface area (TPSA) is 54.4 Å². The predicted molar refractivity (Wildman–Crippen MR) is 107 cm³/mol. The Morgan fingerprint density at radius 1 is 1.16 bits per heavy atom. The monoisotopic (exact) mass is 383 g/mol. The van der Waals surface area contributed by atoms with Gasteiger partial charge >= 0.3 is 0 Å². The van der Waals surface area contributed by atoms with Crippen molar-refractivity contribution in [3.8, 4) is 9.88 Å². The SMILES string of the molecule is Cc1ccccc1N=C1NC(=O)C(=Cc2csc(-c3cccs3)n2)S1. The second kappa shape index (κ2) is 6.95. The van der Waals surface area contributed by atoms with Gasteiger partial charge in [0.25, 0.3) is 5.91 Å². The summed E-state index contributed by atoms with van der Waals surface area (Å²) in [5, 5.41) is 8.38. The Labute approximate surface area is 157 Å². The van der Waals surface area contributed by atoms with Crippen molar-refractivity contribution in [1.82, 2.24) is 10.3 Å². The van der Waals surface area contributed by atoms with Crippen molar-refractivity contribution >= 4 is 57.3 Å². The fourth-order valence-electron chi connectivity index (χ4n) is 2.28. The number of nitrogens with zero attached hydrogens (tertiary/aromatic N) is 2. The van der Waals surface area contributed by atoms with E-state index < -0.39 is 0 Å². The molecule has 4 rings (SSSR count). The van der Waals surface area contributed by atoms with Gasteiger partial charge in [-0.05, 0) is 47.8 Å². The summed E-state index contributed by atoms with van der Waals surface area (Å²) in [4.78, 5) is 23.1. The van der Waals surface area contributed by atoms with Crippen molar-refractivity contribution in [2.75, 3.05) is 0 Å². The molecule has 3 aromatic rings. The van der Waals surface area contributed by atoms with Gasteiger partial charge < -0.3 is 5.32 Å². The van der Waals surface area contributed by atoms with E-state index in [1.165, 1.54) is 11.8 Å². The van der Waals surface area contributed by atoms with E-state index in [2.05, 4.69) is 15.3 Å². The number of para-hydroxylation sites is 1. The molecular formula is C18H13N3OS3. The Morgan fingerprint density at radius 2 is 2.04 bits per heavy atom. The summed E-state index contributed by atoms with van der Waals surface area (Å²) in [5.74, 6) is -0.136. The third-order valence-electron chi connectivity index (χ3n) is 3.52. The normalized spacial score (nSPS) is 17.4. The highest BCUT2D eigenvalue weighted by atomic mass is 32.2. The number of carbonyl (C=O) groups excluding carboxylic acids is 1. The van der Waals surface area contributed by atoms with Gasteiger partial charge in [0.2, 0.25) is 0 Å². The lowest BCUT2D eigenvalue weighted by molar-refractivity contribution is -0.115. The number of aryl methyl sites for hydroxylation is 1. The molecule has 3 heterocycles. The van der Waals surface area contributed by atoms with Gasteiger partial charge in [0.15, 0.2) is 5.17 Å². The van der Waals surface area contributed by atoms with Crippen LogP contribution >= 0.6 is 34.4 Å². The molecule has 1 aromatic carbocycles. The third kappa shape index (κ3) is 3.58. The van der Waals surface area contributed by atoms with E-state index in [1.807, 2.05) is 60.2 Å². The van der Waals surface area contributed by atoms with Gasteiger partial charge in [-0.2, -0.15) is 0 Å². The summed E-state index contributed by atoms with van der Waals surface area (Å²) in [6.07, 6.45) is 1.81. The Bertz CT molecular complexity index is 987. The number of benzene rings is 1. The zero-order valence-corrected chi connectivity index (χ0v) is 15.7. The molecule has 1 N–H and O–H groups in total. The molecule has 25 heavy (non-hydrogen) atoms. The fraction of sp³-hybridized carbons (Fsp3) is 0.0556. The first-order valence-electron chi connectivity index (χ1n) is 7.54. The first-order chi connectivity index (χ1) is 12.2. The maximum Gasteiger partial charge on any atom is 0.264 e. The number of aromatic nitrogens is 1. The zero-order valence-electron chi connectivity index (χ0n) is 13.2. The maximum absolute atomic E-state index is 12.2. The van der Waals surface area contributed by atoms with Crippen LogP contribution in [-0.4, -0.2) is 16.1 Å². The first-order valence-corrected chi connectivity index (χ1v) is 10.1. The third-order valence-corrected chi connectivity index (χ3v) is 6.33. The average molecular weight is 384 g/mol. The smallest absolute Gasteiger partial charge is 0.264 e. The zero-order chi connectivity index (χ0) is 17.2. The number of hydrogen-bond acceptors (Lipinski definition) is 6. The van der Waals surface area contributed by atoms with Crippen LogP contribution < -0.4 is 5.32 Å². The second-order valence-electron chi connectivity index (χ2n) is 5.32. The van der Waals surface area contributed by atoms with Crippen molar-refractivity contribution in [2.45, 2.75) is 6.92 Å². The van der Waals surface area contributed by atoms with E-state index in [0.717, 1.165) is 26.8 Å². The molecule has 7 heteroatoms. The fourth-order valence-corrected chi connectivity index (χ4v) is 4.69. The Hall–Kier alpha value is -2.22. The van der Waals surface area contributed by atoms with Crippen LogP contribution in [-0.2, 0) is 4.79 Å². The first kappa shape index (κ1) is 16.3. The van der Waals surface area contributed by atoms with Gasteiger partial charge in [-0.1, -0.05) is 24.3 Å². The van der Waals surface area contributed by atoms with Gasteiger partial charge in [-0.15, -0.1) is 22.7 Å². The lowest BCUT2D eigenvalue weighted by Gasteiger charge is -1.99. The lowest BCUT2D eigenvalue weighted by atomic mass is 10.2. The van der Waals surface area contributed by atoms with Gasteiger partial charge in [0, 0.05) is 5.38 Å². The van der Waals surface area contributed by atoms with Crippen LogP contribution in [0.1, 0.15) is 11.3 Å². The summed E-state index contributed by atoms with van der Waals surface area (Å²) in [7, 11) is 0. The van der Waals surface area contributed by atoms with Crippen LogP contribution in [0, 0.1) is 6.92 Å². The van der Waals surface area contributed by atoms with Gasteiger partial charge in [-0.3, -0.25) is 4.79 Å². The summed E-state index contributed by atoms with van der Waals surface area (Å²) in [6, 6.07) is 11.9. The Kier molecular flexibility index (Phi) is 4.52. The molecule has 0 radical (unpaired) electrons. The molecule has 0 saturated carbocycles. The predicted octanol–water partition coefficient (Wildman–Crippen LogP) is 5.07. The molecule has 4 nitrogen and oxygen atoms in total. The van der Waals surface area contributed by atoms with Crippen LogP contribution in [0.3, 0.4) is 0 Å². The number of thiophene rings is 1. The highest BCUT2D eigenvalue weighted by Gasteiger charge is 2.24. The van der Waals surface area contributed by atoms with Crippen molar-refractivity contribution in [3.05, 3.63) is 63.3 Å². The minimum absolute atomic E-state index is 0.136. The lowest BCUT2D eigenvalue weighted by Crippen LogP contribution is -2.19. The van der Waals surface area contributed by atoms with Crippen LogP contribution in [0.15, 0.2) is 57.1 Å². The van der Waals surface area contributed by atoms with Gasteiger partial charge in [0.05, 0.1) is 21.2 Å². The van der Waals surface area contributed by atoms with Crippen LogP contribution in [0.2, 0.25) is 0 Å². The number of thiazole rings is 1. The van der Waals surface area contributed by atoms with Gasteiger partial charge in [-0.25, -0.2) is 9.98 Å². The summed E-state index contributed by atoms with van der Waals surface area (Å²) in [5.41, 5.74) is 2.73. The molecule has 1 fully saturated rings. The number of hydrogen-bond donors (Lipinski definition) is 1. The number of amides is 1. The minimum atomic E-state index is -0.136. The number of thioether (sulfide) groups is 1.